The first-order chi connectivity index (χ1) is 7.72. The molecule has 1 saturated carbocycles. The topological polar surface area (TPSA) is 24.5 Å². The molecular formula is C13H26N2O. The summed E-state index contributed by atoms with van der Waals surface area (Å²) < 4.78 is 5.60. The van der Waals surface area contributed by atoms with Crippen LogP contribution in [0, 0.1) is 11.8 Å². The lowest BCUT2D eigenvalue weighted by Crippen LogP contribution is -2.47. The number of rotatable bonds is 5. The van der Waals surface area contributed by atoms with Crippen LogP contribution in [-0.2, 0) is 4.74 Å². The summed E-state index contributed by atoms with van der Waals surface area (Å²) in [5, 5.41) is 3.44. The highest BCUT2D eigenvalue weighted by Crippen LogP contribution is 2.35. The Labute approximate surface area is 99.5 Å². The Hall–Kier alpha value is -0.120. The quantitative estimate of drug-likeness (QED) is 0.765. The van der Waals surface area contributed by atoms with Gasteiger partial charge in [0.25, 0.3) is 0 Å². The molecule has 0 amide bonds. The van der Waals surface area contributed by atoms with Gasteiger partial charge in [-0.25, -0.2) is 0 Å². The van der Waals surface area contributed by atoms with Gasteiger partial charge in [0.1, 0.15) is 0 Å². The molecule has 94 valence electrons. The average molecular weight is 226 g/mol. The van der Waals surface area contributed by atoms with Crippen molar-refractivity contribution < 1.29 is 4.74 Å². The highest BCUT2D eigenvalue weighted by atomic mass is 16.5. The lowest BCUT2D eigenvalue weighted by Gasteiger charge is -2.36. The predicted octanol–water partition coefficient (Wildman–Crippen LogP) is 1.34. The molecule has 2 fully saturated rings. The van der Waals surface area contributed by atoms with Gasteiger partial charge in [0.2, 0.25) is 0 Å². The van der Waals surface area contributed by atoms with Crippen molar-refractivity contribution in [1.82, 2.24) is 10.2 Å². The van der Waals surface area contributed by atoms with Crippen LogP contribution in [0.5, 0.6) is 0 Å². The summed E-state index contributed by atoms with van der Waals surface area (Å²) in [6.45, 7) is 5.38. The van der Waals surface area contributed by atoms with Crippen molar-refractivity contribution in [3.05, 3.63) is 0 Å². The van der Waals surface area contributed by atoms with Gasteiger partial charge in [0, 0.05) is 31.2 Å². The van der Waals surface area contributed by atoms with Crippen LogP contribution < -0.4 is 5.32 Å². The highest BCUT2D eigenvalue weighted by molar-refractivity contribution is 4.87. The van der Waals surface area contributed by atoms with Gasteiger partial charge in [-0.1, -0.05) is 0 Å². The maximum Gasteiger partial charge on any atom is 0.0521 e. The molecule has 0 aromatic heterocycles. The summed E-state index contributed by atoms with van der Waals surface area (Å²) in [5.74, 6) is 1.62. The van der Waals surface area contributed by atoms with Crippen LogP contribution in [0.4, 0.5) is 0 Å². The molecule has 0 aromatic carbocycles. The fourth-order valence-corrected chi connectivity index (χ4v) is 2.83. The molecule has 3 atom stereocenters. The van der Waals surface area contributed by atoms with Crippen LogP contribution in [0.25, 0.3) is 0 Å². The summed E-state index contributed by atoms with van der Waals surface area (Å²) in [6.07, 6.45) is 4.02. The van der Waals surface area contributed by atoms with Crippen LogP contribution in [0.15, 0.2) is 0 Å². The van der Waals surface area contributed by atoms with Crippen LogP contribution in [-0.4, -0.2) is 50.8 Å². The Morgan fingerprint density at radius 3 is 2.75 bits per heavy atom. The number of nitrogens with one attached hydrogen (secondary N) is 1. The third kappa shape index (κ3) is 2.96. The molecular weight excluding hydrogens is 200 g/mol. The molecule has 1 heterocycles. The van der Waals surface area contributed by atoms with E-state index in [2.05, 4.69) is 31.2 Å². The van der Waals surface area contributed by atoms with Crippen molar-refractivity contribution in [2.45, 2.75) is 38.3 Å². The Morgan fingerprint density at radius 1 is 1.38 bits per heavy atom. The standard InChI is InChI=1S/C13H26N2O/c1-10(11-4-5-11)15(3)8-12-9-16-7-6-13(12)14-2/h10-14H,4-9H2,1-3H3. The van der Waals surface area contributed by atoms with Crippen molar-refractivity contribution in [3.8, 4) is 0 Å². The smallest absolute Gasteiger partial charge is 0.0521 e. The Morgan fingerprint density at radius 2 is 2.12 bits per heavy atom. The van der Waals surface area contributed by atoms with Gasteiger partial charge in [-0.2, -0.15) is 0 Å². The molecule has 2 rings (SSSR count). The fourth-order valence-electron chi connectivity index (χ4n) is 2.83. The number of ether oxygens (including phenoxy) is 1. The van der Waals surface area contributed by atoms with Gasteiger partial charge < -0.3 is 15.0 Å². The molecule has 2 aliphatic rings. The number of hydrogen-bond acceptors (Lipinski definition) is 3. The fraction of sp³-hybridized carbons (Fsp3) is 1.00. The number of nitrogens with zero attached hydrogens (tertiary/aromatic N) is 1. The third-order valence-corrected chi connectivity index (χ3v) is 4.37. The van der Waals surface area contributed by atoms with E-state index in [1.54, 1.807) is 0 Å². The summed E-state index contributed by atoms with van der Waals surface area (Å²) in [6, 6.07) is 1.39. The van der Waals surface area contributed by atoms with Crippen molar-refractivity contribution in [2.75, 3.05) is 33.9 Å². The molecule has 0 aromatic rings. The van der Waals surface area contributed by atoms with E-state index in [4.69, 9.17) is 4.74 Å². The minimum atomic E-state index is 0.641. The van der Waals surface area contributed by atoms with Crippen LogP contribution in [0.2, 0.25) is 0 Å². The molecule has 1 aliphatic heterocycles. The second-order valence-corrected chi connectivity index (χ2v) is 5.54. The molecule has 3 nitrogen and oxygen atoms in total. The Bertz CT molecular complexity index is 218. The van der Waals surface area contributed by atoms with Gasteiger partial charge in [0.15, 0.2) is 0 Å². The van der Waals surface area contributed by atoms with E-state index in [0.717, 1.165) is 31.6 Å². The summed E-state index contributed by atoms with van der Waals surface area (Å²) >= 11 is 0. The SMILES string of the molecule is CNC1CCOCC1CN(C)C(C)C1CC1. The van der Waals surface area contributed by atoms with Crippen LogP contribution >= 0.6 is 0 Å². The largest absolute Gasteiger partial charge is 0.381 e. The predicted molar refractivity (Wildman–Crippen MR) is 66.6 cm³/mol. The van der Waals surface area contributed by atoms with E-state index < -0.39 is 0 Å². The van der Waals surface area contributed by atoms with E-state index in [0.29, 0.717) is 12.0 Å². The summed E-state index contributed by atoms with van der Waals surface area (Å²) in [5.41, 5.74) is 0. The van der Waals surface area contributed by atoms with E-state index in [1.807, 2.05) is 0 Å². The van der Waals surface area contributed by atoms with Crippen molar-refractivity contribution in [2.24, 2.45) is 11.8 Å². The van der Waals surface area contributed by atoms with Crippen LogP contribution in [0.3, 0.4) is 0 Å². The molecule has 0 spiro atoms. The first-order valence-electron chi connectivity index (χ1n) is 6.67. The molecule has 16 heavy (non-hydrogen) atoms. The molecule has 0 bridgehead atoms. The summed E-state index contributed by atoms with van der Waals surface area (Å²) in [7, 11) is 4.34. The van der Waals surface area contributed by atoms with Crippen molar-refractivity contribution in [1.29, 1.82) is 0 Å². The minimum absolute atomic E-state index is 0.641. The molecule has 3 unspecified atom stereocenters. The second kappa shape index (κ2) is 5.48. The zero-order valence-electron chi connectivity index (χ0n) is 10.9. The van der Waals surface area contributed by atoms with Crippen LogP contribution in [0.1, 0.15) is 26.2 Å². The molecule has 1 saturated heterocycles. The monoisotopic (exact) mass is 226 g/mol. The van der Waals surface area contributed by atoms with Crippen molar-refractivity contribution in [3.63, 3.8) is 0 Å². The second-order valence-electron chi connectivity index (χ2n) is 5.54. The van der Waals surface area contributed by atoms with Gasteiger partial charge in [0.05, 0.1) is 6.61 Å². The van der Waals surface area contributed by atoms with Gasteiger partial charge in [-0.05, 0) is 46.2 Å². The normalized spacial score (nSPS) is 33.0. The summed E-state index contributed by atoms with van der Waals surface area (Å²) in [4.78, 5) is 2.53. The molecule has 1 aliphatic carbocycles. The lowest BCUT2D eigenvalue weighted by molar-refractivity contribution is 0.0161. The van der Waals surface area contributed by atoms with Gasteiger partial charge in [-0.15, -0.1) is 0 Å². The average Bonchev–Trinajstić information content (AvgIpc) is 3.12. The van der Waals surface area contributed by atoms with E-state index >= 15 is 0 Å². The Kier molecular flexibility index (Phi) is 4.22. The third-order valence-electron chi connectivity index (χ3n) is 4.37. The van der Waals surface area contributed by atoms with Crippen molar-refractivity contribution >= 4 is 0 Å². The molecule has 3 heteroatoms. The first kappa shape index (κ1) is 12.3. The highest BCUT2D eigenvalue weighted by Gasteiger charge is 2.33. The zero-order chi connectivity index (χ0) is 11.5. The van der Waals surface area contributed by atoms with Gasteiger partial charge in [-0.3, -0.25) is 0 Å². The number of hydrogen-bond donors (Lipinski definition) is 1. The molecule has 1 N–H and O–H groups in total. The van der Waals surface area contributed by atoms with Gasteiger partial charge >= 0.3 is 0 Å². The lowest BCUT2D eigenvalue weighted by atomic mass is 9.95. The zero-order valence-corrected chi connectivity index (χ0v) is 10.9. The van der Waals surface area contributed by atoms with E-state index in [9.17, 15) is 0 Å². The maximum atomic E-state index is 5.60. The van der Waals surface area contributed by atoms with E-state index in [1.165, 1.54) is 19.4 Å². The minimum Gasteiger partial charge on any atom is -0.381 e. The maximum absolute atomic E-state index is 5.60. The first-order valence-corrected chi connectivity index (χ1v) is 6.67. The molecule has 0 radical (unpaired) electrons. The Balaban J connectivity index is 1.81. The van der Waals surface area contributed by atoms with E-state index in [-0.39, 0.29) is 0 Å².